The third-order valence-corrected chi connectivity index (χ3v) is 0.999. The first-order valence-electron chi connectivity index (χ1n) is 2.69. The van der Waals surface area contributed by atoms with E-state index in [0.717, 1.165) is 5.69 Å². The van der Waals surface area contributed by atoms with Crippen molar-refractivity contribution < 1.29 is 4.79 Å². The number of hydrogen-bond acceptors (Lipinski definition) is 1. The van der Waals surface area contributed by atoms with E-state index >= 15 is 0 Å². The second-order valence-electron chi connectivity index (χ2n) is 1.63. The fraction of sp³-hybridized carbons (Fsp3) is 0. The minimum absolute atomic E-state index is 0. The van der Waals surface area contributed by atoms with Gasteiger partial charge in [0, 0.05) is 5.69 Å². The molecule has 0 bridgehead atoms. The van der Waals surface area contributed by atoms with Crippen LogP contribution in [0.1, 0.15) is 0 Å². The van der Waals surface area contributed by atoms with E-state index in [-0.39, 0.29) is 68.9 Å². The van der Waals surface area contributed by atoms with Crippen LogP contribution in [0.5, 0.6) is 0 Å². The first-order chi connectivity index (χ1) is 4.43. The molecule has 1 rings (SSSR count). The van der Waals surface area contributed by atoms with Crippen LogP contribution in [-0.4, -0.2) is 75.3 Å². The zero-order chi connectivity index (χ0) is 6.53. The van der Waals surface area contributed by atoms with E-state index in [1.165, 1.54) is 0 Å². The van der Waals surface area contributed by atoms with Crippen LogP contribution < -0.4 is 5.32 Å². The van der Waals surface area contributed by atoms with Crippen LogP contribution in [-0.2, 0) is 4.79 Å². The van der Waals surface area contributed by atoms with Crippen LogP contribution in [0.3, 0.4) is 0 Å². The van der Waals surface area contributed by atoms with Crippen LogP contribution in [0.15, 0.2) is 30.3 Å². The Bertz CT molecular complexity index is 188. The Balaban J connectivity index is 0.000000810. The van der Waals surface area contributed by atoms with Crippen molar-refractivity contribution in [2.45, 2.75) is 0 Å². The van der Waals surface area contributed by atoms with Gasteiger partial charge in [0.1, 0.15) is 0 Å². The normalized spacial score (nSPS) is 7.60. The molecule has 0 spiro atoms. The van der Waals surface area contributed by atoms with E-state index in [9.17, 15) is 4.79 Å². The van der Waals surface area contributed by atoms with E-state index < -0.39 is 0 Å². The number of rotatable bonds is 2. The zero-order valence-electron chi connectivity index (χ0n) is 4.87. The second kappa shape index (κ2) is 6.45. The molecule has 48 valence electrons. The van der Waals surface area contributed by atoms with Crippen LogP contribution in [0.4, 0.5) is 5.69 Å². The Kier molecular flexibility index (Phi) is 6.93. The quantitative estimate of drug-likeness (QED) is 0.770. The summed E-state index contributed by atoms with van der Waals surface area (Å²) in [5, 5.41) is 2.53. The molecule has 0 radical (unpaired) electrons. The molecule has 0 aliphatic rings. The second-order valence-corrected chi connectivity index (χ2v) is 1.63. The molecule has 0 fully saturated rings. The molecule has 0 saturated heterocycles. The number of carbonyl (C=O) groups is 1. The van der Waals surface area contributed by atoms with Gasteiger partial charge in [-0.05, 0) is 12.1 Å². The summed E-state index contributed by atoms with van der Waals surface area (Å²) in [6, 6.07) is 9.29. The van der Waals surface area contributed by atoms with E-state index in [4.69, 9.17) is 0 Å². The molecule has 1 aromatic carbocycles. The van der Waals surface area contributed by atoms with Crippen LogP contribution in [0.25, 0.3) is 0 Å². The summed E-state index contributed by atoms with van der Waals surface area (Å²) in [6.07, 6.45) is 0.662. The van der Waals surface area contributed by atoms with Gasteiger partial charge >= 0.3 is 68.9 Å². The molecule has 0 atom stereocenters. The summed E-state index contributed by atoms with van der Waals surface area (Å²) in [5.74, 6) is 0. The molecule has 0 aliphatic carbocycles. The molecule has 3 heteroatoms. The van der Waals surface area contributed by atoms with Crippen molar-refractivity contribution in [2.75, 3.05) is 5.32 Å². The molecule has 1 N–H and O–H groups in total. The van der Waals surface area contributed by atoms with Crippen molar-refractivity contribution in [1.82, 2.24) is 0 Å². The van der Waals surface area contributed by atoms with Crippen molar-refractivity contribution in [3.63, 3.8) is 0 Å². The van der Waals surface area contributed by atoms with Gasteiger partial charge in [0.2, 0.25) is 6.41 Å². The van der Waals surface area contributed by atoms with Gasteiger partial charge in [-0.3, -0.25) is 4.79 Å². The summed E-state index contributed by atoms with van der Waals surface area (Å²) >= 11 is 0. The predicted molar refractivity (Wildman–Crippen MR) is 43.3 cm³/mol. The molecule has 2 nitrogen and oxygen atoms in total. The maximum absolute atomic E-state index is 9.86. The summed E-state index contributed by atoms with van der Waals surface area (Å²) in [5.41, 5.74) is 0.826. The number of amides is 1. The molecule has 0 heterocycles. The third-order valence-electron chi connectivity index (χ3n) is 0.999. The number of para-hydroxylation sites is 1. The van der Waals surface area contributed by atoms with E-state index in [0.29, 0.717) is 6.41 Å². The Morgan fingerprint density at radius 1 is 1.20 bits per heavy atom. The van der Waals surface area contributed by atoms with Gasteiger partial charge in [-0.1, -0.05) is 18.2 Å². The molecule has 1 aromatic rings. The third kappa shape index (κ3) is 3.80. The van der Waals surface area contributed by atoms with E-state index in [1.807, 2.05) is 30.3 Å². The summed E-state index contributed by atoms with van der Waals surface area (Å²) in [6.45, 7) is 0. The molecule has 0 saturated carbocycles. The van der Waals surface area contributed by atoms with Crippen molar-refractivity contribution >= 4 is 81.0 Å². The Morgan fingerprint density at radius 2 is 1.80 bits per heavy atom. The number of nitrogens with one attached hydrogen (secondary N) is 1. The standard InChI is InChI=1S/C7H7NO.Cs.H/c9-6-8-7-4-2-1-3-5-7;;/h1-6H,(H,8,9);;. The molecule has 1 amide bonds. The van der Waals surface area contributed by atoms with E-state index in [1.54, 1.807) is 0 Å². The van der Waals surface area contributed by atoms with Crippen molar-refractivity contribution in [3.8, 4) is 0 Å². The first kappa shape index (κ1) is 10.7. The maximum atomic E-state index is 9.86. The van der Waals surface area contributed by atoms with Gasteiger partial charge in [-0.2, -0.15) is 0 Å². The fourth-order valence-electron chi connectivity index (χ4n) is 0.602. The van der Waals surface area contributed by atoms with E-state index in [2.05, 4.69) is 5.32 Å². The summed E-state index contributed by atoms with van der Waals surface area (Å²) in [4.78, 5) is 9.86. The average Bonchev–Trinajstić information content (AvgIpc) is 1.91. The van der Waals surface area contributed by atoms with Crippen LogP contribution >= 0.6 is 0 Å². The number of benzene rings is 1. The molecular weight excluding hydrogens is 247 g/mol. The molecule has 0 unspecified atom stereocenters. The molecule has 0 aromatic heterocycles. The molecular formula is C7H8CsNO. The minimum atomic E-state index is 0. The van der Waals surface area contributed by atoms with Crippen molar-refractivity contribution in [2.24, 2.45) is 0 Å². The Morgan fingerprint density at radius 3 is 2.30 bits per heavy atom. The molecule has 10 heavy (non-hydrogen) atoms. The Labute approximate surface area is 119 Å². The van der Waals surface area contributed by atoms with Gasteiger partial charge in [0.25, 0.3) is 0 Å². The predicted octanol–water partition coefficient (Wildman–Crippen LogP) is 0.606. The van der Waals surface area contributed by atoms with Gasteiger partial charge < -0.3 is 5.32 Å². The molecule has 0 aliphatic heterocycles. The topological polar surface area (TPSA) is 29.1 Å². The zero-order valence-corrected chi connectivity index (χ0v) is 4.87. The number of anilines is 1. The number of hydrogen-bond donors (Lipinski definition) is 1. The first-order valence-corrected chi connectivity index (χ1v) is 2.69. The van der Waals surface area contributed by atoms with Crippen molar-refractivity contribution in [3.05, 3.63) is 30.3 Å². The van der Waals surface area contributed by atoms with Gasteiger partial charge in [0.15, 0.2) is 0 Å². The van der Waals surface area contributed by atoms with Gasteiger partial charge in [-0.25, -0.2) is 0 Å². The summed E-state index contributed by atoms with van der Waals surface area (Å²) in [7, 11) is 0. The van der Waals surface area contributed by atoms with Crippen LogP contribution in [0, 0.1) is 0 Å². The SMILES string of the molecule is O=CNc1ccccc1.[CsH]. The van der Waals surface area contributed by atoms with Crippen LogP contribution in [0.2, 0.25) is 0 Å². The monoisotopic (exact) mass is 255 g/mol. The Hall–Kier alpha value is 0.742. The number of carbonyl (C=O) groups excluding carboxylic acids is 1. The van der Waals surface area contributed by atoms with Crippen molar-refractivity contribution in [1.29, 1.82) is 0 Å². The average molecular weight is 255 g/mol. The summed E-state index contributed by atoms with van der Waals surface area (Å²) < 4.78 is 0. The van der Waals surface area contributed by atoms with Gasteiger partial charge in [0.05, 0.1) is 0 Å². The van der Waals surface area contributed by atoms with Gasteiger partial charge in [-0.15, -0.1) is 0 Å². The fourth-order valence-corrected chi connectivity index (χ4v) is 0.602.